The van der Waals surface area contributed by atoms with Gasteiger partial charge in [0.05, 0.1) is 0 Å². The molecule has 0 aromatic rings. The normalized spacial score (nSPS) is 14.8. The van der Waals surface area contributed by atoms with Gasteiger partial charge in [-0.05, 0) is 6.42 Å². The summed E-state index contributed by atoms with van der Waals surface area (Å²) in [5.74, 6) is -1.33. The maximum atomic E-state index is 12.5. The fraction of sp³-hybridized carbons (Fsp3) is 0.700. The van der Waals surface area contributed by atoms with E-state index in [0.717, 1.165) is 19.4 Å². The van der Waals surface area contributed by atoms with Crippen LogP contribution in [0.5, 0.6) is 0 Å². The number of unbranched alkanes of at least 4 members (excludes halogenated alkanes) is 1. The molecule has 6 heteroatoms. The van der Waals surface area contributed by atoms with Crippen molar-refractivity contribution in [1.29, 1.82) is 0 Å². The van der Waals surface area contributed by atoms with Crippen LogP contribution in [0.4, 0.5) is 13.2 Å². The minimum Gasteiger partial charge on any atom is -0.342 e. The van der Waals surface area contributed by atoms with Gasteiger partial charge in [0.25, 0.3) is 0 Å². The van der Waals surface area contributed by atoms with Gasteiger partial charge in [0.2, 0.25) is 0 Å². The minimum absolute atomic E-state index is 0.231. The van der Waals surface area contributed by atoms with Crippen LogP contribution in [0.3, 0.4) is 0 Å². The van der Waals surface area contributed by atoms with Crippen molar-refractivity contribution in [3.8, 4) is 0 Å². The van der Waals surface area contributed by atoms with Crippen LogP contribution in [0.2, 0.25) is 0 Å². The summed E-state index contributed by atoms with van der Waals surface area (Å²) >= 11 is 0. The first-order valence-electron chi connectivity index (χ1n) is 5.36. The van der Waals surface area contributed by atoms with Crippen LogP contribution in [0, 0.1) is 0 Å². The number of hydrazone groups is 1. The van der Waals surface area contributed by atoms with E-state index in [1.54, 1.807) is 11.2 Å². The average molecular weight is 235 g/mol. The second kappa shape index (κ2) is 6.40. The molecule has 0 fully saturated rings. The Morgan fingerprint density at radius 2 is 2.06 bits per heavy atom. The lowest BCUT2D eigenvalue weighted by molar-refractivity contribution is 0.230. The highest BCUT2D eigenvalue weighted by molar-refractivity contribution is 5.56. The minimum atomic E-state index is -2.22. The summed E-state index contributed by atoms with van der Waals surface area (Å²) in [5.41, 5.74) is 0. The van der Waals surface area contributed by atoms with E-state index in [2.05, 4.69) is 12.0 Å². The van der Waals surface area contributed by atoms with Crippen LogP contribution in [0.15, 0.2) is 17.0 Å². The summed E-state index contributed by atoms with van der Waals surface area (Å²) in [6.45, 7) is 3.72. The molecule has 3 nitrogen and oxygen atoms in total. The highest BCUT2D eigenvalue weighted by atomic mass is 19.3. The third-order valence-electron chi connectivity index (χ3n) is 2.32. The van der Waals surface area contributed by atoms with Crippen molar-refractivity contribution in [2.24, 2.45) is 5.10 Å². The van der Waals surface area contributed by atoms with Crippen molar-refractivity contribution in [3.63, 3.8) is 0 Å². The third kappa shape index (κ3) is 4.12. The Kier molecular flexibility index (Phi) is 5.14. The van der Waals surface area contributed by atoms with E-state index in [1.165, 1.54) is 0 Å². The number of hydrogen-bond donors (Lipinski definition) is 0. The zero-order chi connectivity index (χ0) is 12.0. The Morgan fingerprint density at radius 3 is 2.69 bits per heavy atom. The van der Waals surface area contributed by atoms with E-state index in [-0.39, 0.29) is 13.0 Å². The first-order chi connectivity index (χ1) is 7.63. The molecule has 0 atom stereocenters. The van der Waals surface area contributed by atoms with Gasteiger partial charge in [-0.15, -0.1) is 0 Å². The molecule has 0 N–H and O–H groups in total. The van der Waals surface area contributed by atoms with Crippen molar-refractivity contribution < 1.29 is 13.2 Å². The van der Waals surface area contributed by atoms with Crippen molar-refractivity contribution in [1.82, 2.24) is 9.91 Å². The SMILES string of the molecule is CCCCN1CN(CCC(F)=C(F)F)C=N1. The zero-order valence-electron chi connectivity index (χ0n) is 9.30. The van der Waals surface area contributed by atoms with E-state index < -0.39 is 11.9 Å². The van der Waals surface area contributed by atoms with Crippen LogP contribution in [-0.4, -0.2) is 36.0 Å². The Morgan fingerprint density at radius 1 is 1.31 bits per heavy atom. The van der Waals surface area contributed by atoms with Crippen LogP contribution < -0.4 is 0 Å². The van der Waals surface area contributed by atoms with Crippen molar-refractivity contribution in [2.75, 3.05) is 19.8 Å². The molecule has 0 aliphatic carbocycles. The fourth-order valence-corrected chi connectivity index (χ4v) is 1.36. The van der Waals surface area contributed by atoms with Gasteiger partial charge in [-0.25, -0.2) is 4.39 Å². The Hall–Kier alpha value is -1.20. The molecule has 16 heavy (non-hydrogen) atoms. The van der Waals surface area contributed by atoms with Crippen LogP contribution in [0.1, 0.15) is 26.2 Å². The number of hydrogen-bond acceptors (Lipinski definition) is 3. The first-order valence-corrected chi connectivity index (χ1v) is 5.36. The third-order valence-corrected chi connectivity index (χ3v) is 2.32. The van der Waals surface area contributed by atoms with Gasteiger partial charge in [0.1, 0.15) is 13.0 Å². The molecule has 0 saturated carbocycles. The predicted molar refractivity (Wildman–Crippen MR) is 56.6 cm³/mol. The Labute approximate surface area is 93.2 Å². The van der Waals surface area contributed by atoms with Crippen LogP contribution >= 0.6 is 0 Å². The van der Waals surface area contributed by atoms with Crippen LogP contribution in [-0.2, 0) is 0 Å². The van der Waals surface area contributed by atoms with Crippen molar-refractivity contribution in [3.05, 3.63) is 11.9 Å². The van der Waals surface area contributed by atoms with Gasteiger partial charge in [-0.1, -0.05) is 13.3 Å². The van der Waals surface area contributed by atoms with E-state index in [0.29, 0.717) is 6.67 Å². The predicted octanol–water partition coefficient (Wildman–Crippen LogP) is 2.77. The van der Waals surface area contributed by atoms with E-state index >= 15 is 0 Å². The largest absolute Gasteiger partial charge is 0.342 e. The van der Waals surface area contributed by atoms with Gasteiger partial charge < -0.3 is 4.90 Å². The monoisotopic (exact) mass is 235 g/mol. The molecule has 1 rings (SSSR count). The van der Waals surface area contributed by atoms with Gasteiger partial charge >= 0.3 is 6.08 Å². The molecule has 1 heterocycles. The van der Waals surface area contributed by atoms with E-state index in [1.807, 2.05) is 5.01 Å². The lowest BCUT2D eigenvalue weighted by Gasteiger charge is -2.18. The van der Waals surface area contributed by atoms with E-state index in [9.17, 15) is 13.2 Å². The Balaban J connectivity index is 2.23. The topological polar surface area (TPSA) is 18.8 Å². The molecule has 92 valence electrons. The summed E-state index contributed by atoms with van der Waals surface area (Å²) in [6, 6.07) is 0. The van der Waals surface area contributed by atoms with Gasteiger partial charge in [-0.2, -0.15) is 13.9 Å². The fourth-order valence-electron chi connectivity index (χ4n) is 1.36. The summed E-state index contributed by atoms with van der Waals surface area (Å²) in [7, 11) is 0. The van der Waals surface area contributed by atoms with Crippen LogP contribution in [0.25, 0.3) is 0 Å². The lowest BCUT2D eigenvalue weighted by atomic mass is 10.3. The molecule has 0 unspecified atom stereocenters. The maximum absolute atomic E-state index is 12.5. The molecule has 0 aromatic carbocycles. The average Bonchev–Trinajstić information content (AvgIpc) is 2.70. The van der Waals surface area contributed by atoms with Crippen molar-refractivity contribution >= 4 is 6.34 Å². The summed E-state index contributed by atoms with van der Waals surface area (Å²) < 4.78 is 36.1. The molecule has 0 amide bonds. The van der Waals surface area contributed by atoms with Gasteiger partial charge in [-0.3, -0.25) is 5.01 Å². The highest BCUT2D eigenvalue weighted by Gasteiger charge is 2.14. The lowest BCUT2D eigenvalue weighted by Crippen LogP contribution is -2.28. The molecule has 0 bridgehead atoms. The molecule has 0 spiro atoms. The van der Waals surface area contributed by atoms with Crippen molar-refractivity contribution in [2.45, 2.75) is 26.2 Å². The molecule has 0 radical (unpaired) electrons. The molecule has 0 saturated heterocycles. The standard InChI is InChI=1S/C10H16F3N3/c1-2-3-5-16-8-15(7-14-16)6-4-9(11)10(12)13/h7H,2-6,8H2,1H3. The van der Waals surface area contributed by atoms with E-state index in [4.69, 9.17) is 0 Å². The smallest absolute Gasteiger partial charge is 0.301 e. The molecule has 0 aromatic heterocycles. The first kappa shape index (κ1) is 12.9. The summed E-state index contributed by atoms with van der Waals surface area (Å²) in [4.78, 5) is 1.72. The quantitative estimate of drug-likeness (QED) is 0.705. The second-order valence-electron chi connectivity index (χ2n) is 3.68. The van der Waals surface area contributed by atoms with Gasteiger partial charge in [0, 0.05) is 19.5 Å². The zero-order valence-corrected chi connectivity index (χ0v) is 9.30. The summed E-state index contributed by atoms with van der Waals surface area (Å²) in [5, 5.41) is 5.93. The molecular weight excluding hydrogens is 219 g/mol. The molecule has 1 aliphatic heterocycles. The summed E-state index contributed by atoms with van der Waals surface area (Å²) in [6.07, 6.45) is 1.20. The number of nitrogens with zero attached hydrogens (tertiary/aromatic N) is 3. The maximum Gasteiger partial charge on any atom is 0.301 e. The number of halogens is 3. The highest BCUT2D eigenvalue weighted by Crippen LogP contribution is 2.14. The molecular formula is C10H16F3N3. The second-order valence-corrected chi connectivity index (χ2v) is 3.68. The molecule has 1 aliphatic rings. The number of rotatable bonds is 6. The van der Waals surface area contributed by atoms with Gasteiger partial charge in [0.15, 0.2) is 5.83 Å². The Bertz CT molecular complexity index is 274.